The van der Waals surface area contributed by atoms with Crippen molar-refractivity contribution in [3.8, 4) is 5.75 Å². The van der Waals surface area contributed by atoms with Crippen molar-refractivity contribution < 1.29 is 18.3 Å². The highest BCUT2D eigenvalue weighted by Crippen LogP contribution is 2.11. The van der Waals surface area contributed by atoms with Gasteiger partial charge in [-0.05, 0) is 42.8 Å². The highest BCUT2D eigenvalue weighted by atomic mass is 19.1. The minimum atomic E-state index is -0.529. The molecule has 2 aromatic carbocycles. The molecule has 0 aliphatic carbocycles. The maximum atomic E-state index is 13.7. The summed E-state index contributed by atoms with van der Waals surface area (Å²) in [7, 11) is 1.59. The van der Waals surface area contributed by atoms with E-state index in [1.807, 2.05) is 31.2 Å². The molecule has 0 aliphatic heterocycles. The van der Waals surface area contributed by atoms with Crippen molar-refractivity contribution in [1.29, 1.82) is 0 Å². The minimum Gasteiger partial charge on any atom is -0.497 e. The van der Waals surface area contributed by atoms with E-state index < -0.39 is 11.6 Å². The number of guanidine groups is 1. The van der Waals surface area contributed by atoms with Gasteiger partial charge in [-0.15, -0.1) is 0 Å². The van der Waals surface area contributed by atoms with Crippen LogP contribution in [0.5, 0.6) is 5.75 Å². The Morgan fingerprint density at radius 2 is 1.82 bits per heavy atom. The second kappa shape index (κ2) is 10.9. The molecule has 1 amide bonds. The molecule has 0 bridgehead atoms. The number of methoxy groups -OCH3 is 1. The van der Waals surface area contributed by atoms with Gasteiger partial charge in [0.1, 0.15) is 17.4 Å². The van der Waals surface area contributed by atoms with Crippen molar-refractivity contribution in [3.05, 3.63) is 65.2 Å². The average molecular weight is 390 g/mol. The van der Waals surface area contributed by atoms with Crippen LogP contribution in [0.15, 0.2) is 47.5 Å². The molecule has 0 aromatic heterocycles. The molecule has 0 aliphatic rings. The predicted molar refractivity (Wildman–Crippen MR) is 104 cm³/mol. The van der Waals surface area contributed by atoms with Gasteiger partial charge in [0.05, 0.1) is 20.2 Å². The summed E-state index contributed by atoms with van der Waals surface area (Å²) < 4.78 is 32.0. The number of ether oxygens (including phenoxy) is 1. The quantitative estimate of drug-likeness (QED) is 0.478. The Morgan fingerprint density at radius 1 is 1.07 bits per heavy atom. The SMILES string of the molecule is CCNC(=NCc1cc(F)ccc1F)NCC(=O)NCc1ccc(OC)cc1. The number of rotatable bonds is 8. The standard InChI is InChI=1S/C20H24F2N4O2/c1-3-23-20(25-12-15-10-16(21)6-9-18(15)22)26-13-19(27)24-11-14-4-7-17(28-2)8-5-14/h4-10H,3,11-13H2,1-2H3,(H,24,27)(H2,23,25,26). The number of halogens is 2. The maximum Gasteiger partial charge on any atom is 0.239 e. The van der Waals surface area contributed by atoms with Crippen molar-refractivity contribution >= 4 is 11.9 Å². The maximum absolute atomic E-state index is 13.7. The number of amides is 1. The van der Waals surface area contributed by atoms with Crippen molar-refractivity contribution in [2.24, 2.45) is 4.99 Å². The van der Waals surface area contributed by atoms with E-state index in [2.05, 4.69) is 20.9 Å². The molecule has 0 unspecified atom stereocenters. The van der Waals surface area contributed by atoms with Crippen LogP contribution in [0.2, 0.25) is 0 Å². The molecular formula is C20H24F2N4O2. The summed E-state index contributed by atoms with van der Waals surface area (Å²) in [5.41, 5.74) is 1.08. The van der Waals surface area contributed by atoms with Crippen LogP contribution in [0, 0.1) is 11.6 Å². The normalized spacial score (nSPS) is 11.1. The Bertz CT molecular complexity index is 810. The van der Waals surface area contributed by atoms with Crippen molar-refractivity contribution in [2.45, 2.75) is 20.0 Å². The van der Waals surface area contributed by atoms with Gasteiger partial charge in [-0.25, -0.2) is 13.8 Å². The molecule has 3 N–H and O–H groups in total. The van der Waals surface area contributed by atoms with Crippen molar-refractivity contribution in [1.82, 2.24) is 16.0 Å². The summed E-state index contributed by atoms with van der Waals surface area (Å²) >= 11 is 0. The monoisotopic (exact) mass is 390 g/mol. The van der Waals surface area contributed by atoms with Crippen LogP contribution in [-0.2, 0) is 17.9 Å². The molecule has 0 atom stereocenters. The van der Waals surface area contributed by atoms with Crippen LogP contribution in [0.1, 0.15) is 18.1 Å². The first-order valence-electron chi connectivity index (χ1n) is 8.87. The molecular weight excluding hydrogens is 366 g/mol. The first kappa shape index (κ1) is 21.1. The summed E-state index contributed by atoms with van der Waals surface area (Å²) in [6.07, 6.45) is 0. The zero-order valence-electron chi connectivity index (χ0n) is 15.9. The molecule has 0 heterocycles. The van der Waals surface area contributed by atoms with Crippen LogP contribution < -0.4 is 20.7 Å². The van der Waals surface area contributed by atoms with Gasteiger partial charge in [-0.3, -0.25) is 4.79 Å². The third kappa shape index (κ3) is 6.86. The van der Waals surface area contributed by atoms with Gasteiger partial charge in [-0.1, -0.05) is 12.1 Å². The molecule has 0 saturated carbocycles. The summed E-state index contributed by atoms with van der Waals surface area (Å²) in [6, 6.07) is 10.6. The second-order valence-electron chi connectivity index (χ2n) is 5.91. The third-order valence-corrected chi connectivity index (χ3v) is 3.82. The largest absolute Gasteiger partial charge is 0.497 e. The first-order valence-corrected chi connectivity index (χ1v) is 8.87. The molecule has 150 valence electrons. The van der Waals surface area contributed by atoms with Crippen molar-refractivity contribution in [3.63, 3.8) is 0 Å². The lowest BCUT2D eigenvalue weighted by atomic mass is 10.2. The second-order valence-corrected chi connectivity index (χ2v) is 5.91. The topological polar surface area (TPSA) is 74.8 Å². The van der Waals surface area contributed by atoms with E-state index in [4.69, 9.17) is 4.74 Å². The first-order chi connectivity index (χ1) is 13.5. The fourth-order valence-corrected chi connectivity index (χ4v) is 2.34. The number of nitrogens with one attached hydrogen (secondary N) is 3. The lowest BCUT2D eigenvalue weighted by Gasteiger charge is -2.12. The summed E-state index contributed by atoms with van der Waals surface area (Å²) in [5.74, 6) is -0.192. The summed E-state index contributed by atoms with van der Waals surface area (Å²) in [5, 5.41) is 8.62. The third-order valence-electron chi connectivity index (χ3n) is 3.82. The Morgan fingerprint density at radius 3 is 2.50 bits per heavy atom. The van der Waals surface area contributed by atoms with Crippen LogP contribution in [0.3, 0.4) is 0 Å². The van der Waals surface area contributed by atoms with Gasteiger partial charge in [-0.2, -0.15) is 0 Å². The molecule has 2 aromatic rings. The number of carbonyl (C=O) groups is 1. The van der Waals surface area contributed by atoms with E-state index in [1.165, 1.54) is 0 Å². The molecule has 28 heavy (non-hydrogen) atoms. The average Bonchev–Trinajstić information content (AvgIpc) is 2.71. The van der Waals surface area contributed by atoms with Gasteiger partial charge in [0, 0.05) is 18.7 Å². The van der Waals surface area contributed by atoms with Gasteiger partial charge in [0.25, 0.3) is 0 Å². The lowest BCUT2D eigenvalue weighted by molar-refractivity contribution is -0.120. The zero-order chi connectivity index (χ0) is 20.4. The molecule has 0 saturated heterocycles. The fraction of sp³-hybridized carbons (Fsp3) is 0.300. The number of benzene rings is 2. The van der Waals surface area contributed by atoms with Gasteiger partial charge in [0.2, 0.25) is 5.91 Å². The van der Waals surface area contributed by atoms with Gasteiger partial charge in [0.15, 0.2) is 5.96 Å². The highest BCUT2D eigenvalue weighted by Gasteiger charge is 2.06. The number of hydrogen-bond acceptors (Lipinski definition) is 3. The summed E-state index contributed by atoms with van der Waals surface area (Å²) in [6.45, 7) is 2.75. The number of carbonyl (C=O) groups excluding carboxylic acids is 1. The molecule has 0 spiro atoms. The minimum absolute atomic E-state index is 0.00633. The van der Waals surface area contributed by atoms with Crippen LogP contribution in [-0.4, -0.2) is 32.1 Å². The van der Waals surface area contributed by atoms with E-state index in [9.17, 15) is 13.6 Å². The smallest absolute Gasteiger partial charge is 0.239 e. The zero-order valence-corrected chi connectivity index (χ0v) is 15.9. The van der Waals surface area contributed by atoms with Crippen LogP contribution in [0.4, 0.5) is 8.78 Å². The van der Waals surface area contributed by atoms with E-state index >= 15 is 0 Å². The Balaban J connectivity index is 1.85. The van der Waals surface area contributed by atoms with E-state index in [0.29, 0.717) is 19.0 Å². The summed E-state index contributed by atoms with van der Waals surface area (Å²) in [4.78, 5) is 16.2. The van der Waals surface area contributed by atoms with Gasteiger partial charge >= 0.3 is 0 Å². The number of nitrogens with zero attached hydrogens (tertiary/aromatic N) is 1. The van der Waals surface area contributed by atoms with Crippen LogP contribution in [0.25, 0.3) is 0 Å². The Labute approximate surface area is 163 Å². The highest BCUT2D eigenvalue weighted by molar-refractivity contribution is 5.86. The van der Waals surface area contributed by atoms with Crippen LogP contribution >= 0.6 is 0 Å². The van der Waals surface area contributed by atoms with Crippen molar-refractivity contribution in [2.75, 3.05) is 20.2 Å². The fourth-order valence-electron chi connectivity index (χ4n) is 2.34. The molecule has 0 fully saturated rings. The molecule has 0 radical (unpaired) electrons. The molecule has 2 rings (SSSR count). The van der Waals surface area contributed by atoms with Gasteiger partial charge < -0.3 is 20.7 Å². The Kier molecular flexibility index (Phi) is 8.20. The predicted octanol–water partition coefficient (Wildman–Crippen LogP) is 2.34. The molecule has 6 nitrogen and oxygen atoms in total. The van der Waals surface area contributed by atoms with E-state index in [-0.39, 0.29) is 24.6 Å². The lowest BCUT2D eigenvalue weighted by Crippen LogP contribution is -2.43. The number of aliphatic imine (C=N–C) groups is 1. The van der Waals surface area contributed by atoms with E-state index in [1.54, 1.807) is 7.11 Å². The number of hydrogen-bond donors (Lipinski definition) is 3. The molecule has 8 heteroatoms. The van der Waals surface area contributed by atoms with E-state index in [0.717, 1.165) is 29.5 Å². The Hall–Kier alpha value is -3.16.